The molecule has 1 heterocycles. The number of amides is 2. The van der Waals surface area contributed by atoms with Crippen LogP contribution in [0.25, 0.3) is 5.69 Å². The highest BCUT2D eigenvalue weighted by molar-refractivity contribution is 5.97. The van der Waals surface area contributed by atoms with Gasteiger partial charge in [-0.15, -0.1) is 5.10 Å². The van der Waals surface area contributed by atoms with Crippen LogP contribution in [0.3, 0.4) is 0 Å². The maximum absolute atomic E-state index is 12.8. The molecule has 1 aliphatic carbocycles. The number of benzene rings is 1. The maximum Gasteiger partial charge on any atom is 0.247 e. The summed E-state index contributed by atoms with van der Waals surface area (Å²) in [5.74, 6) is -0.217. The van der Waals surface area contributed by atoms with Crippen LogP contribution in [-0.2, 0) is 9.59 Å². The molecular weight excluding hydrogens is 344 g/mol. The smallest absolute Gasteiger partial charge is 0.247 e. The minimum atomic E-state index is -0.573. The van der Waals surface area contributed by atoms with E-state index in [0.717, 1.165) is 31.4 Å². The van der Waals surface area contributed by atoms with Gasteiger partial charge in [-0.2, -0.15) is 0 Å². The number of carbonyl (C=O) groups is 2. The molecule has 2 N–H and O–H groups in total. The molecule has 1 saturated carbocycles. The summed E-state index contributed by atoms with van der Waals surface area (Å²) in [4.78, 5) is 25.4. The molecule has 27 heavy (non-hydrogen) atoms. The summed E-state index contributed by atoms with van der Waals surface area (Å²) in [6, 6.07) is 6.67. The largest absolute Gasteiger partial charge is 0.344 e. The molecule has 1 atom stereocenters. The Kier molecular flexibility index (Phi) is 6.16. The Morgan fingerprint density at radius 1 is 1.19 bits per heavy atom. The van der Waals surface area contributed by atoms with Gasteiger partial charge in [0.25, 0.3) is 0 Å². The van der Waals surface area contributed by atoms with Crippen LogP contribution in [-0.4, -0.2) is 38.1 Å². The van der Waals surface area contributed by atoms with E-state index in [1.165, 1.54) is 17.4 Å². The third-order valence-electron chi connectivity index (χ3n) is 4.95. The van der Waals surface area contributed by atoms with Crippen molar-refractivity contribution in [3.63, 3.8) is 0 Å². The van der Waals surface area contributed by atoms with E-state index in [9.17, 15) is 9.59 Å². The fraction of sp³-hybridized carbons (Fsp3) is 0.526. The Morgan fingerprint density at radius 3 is 2.63 bits per heavy atom. The van der Waals surface area contributed by atoms with Gasteiger partial charge in [0, 0.05) is 11.6 Å². The predicted octanol–water partition coefficient (Wildman–Crippen LogP) is 2.32. The fourth-order valence-corrected chi connectivity index (χ4v) is 3.40. The molecular formula is C19H26N6O2. The van der Waals surface area contributed by atoms with Gasteiger partial charge in [-0.1, -0.05) is 39.2 Å². The lowest BCUT2D eigenvalue weighted by Gasteiger charge is -2.26. The lowest BCUT2D eigenvalue weighted by Crippen LogP contribution is -2.49. The average Bonchev–Trinajstić information content (AvgIpc) is 3.21. The van der Waals surface area contributed by atoms with E-state index in [1.54, 1.807) is 12.1 Å². The summed E-state index contributed by atoms with van der Waals surface area (Å²) in [6.45, 7) is 3.87. The topological polar surface area (TPSA) is 102 Å². The van der Waals surface area contributed by atoms with Crippen LogP contribution >= 0.6 is 0 Å². The first-order valence-corrected chi connectivity index (χ1v) is 9.49. The SMILES string of the molecule is CC(C)C(NC(=O)C1CCCCC1)C(=O)Nc1cccc(-n2cnnn2)c1. The quantitative estimate of drug-likeness (QED) is 0.812. The van der Waals surface area contributed by atoms with Crippen molar-refractivity contribution >= 4 is 17.5 Å². The standard InChI is InChI=1S/C19H26N6O2/c1-13(2)17(22-18(26)14-7-4-3-5-8-14)19(27)21-15-9-6-10-16(11-15)25-12-20-23-24-25/h6,9-14,17H,3-5,7-8H2,1-2H3,(H,21,27)(H,22,26). The zero-order chi connectivity index (χ0) is 19.2. The zero-order valence-electron chi connectivity index (χ0n) is 15.8. The van der Waals surface area contributed by atoms with Crippen molar-refractivity contribution in [3.8, 4) is 5.69 Å². The Morgan fingerprint density at radius 2 is 1.96 bits per heavy atom. The van der Waals surface area contributed by atoms with Crippen LogP contribution in [0.1, 0.15) is 46.0 Å². The molecule has 1 unspecified atom stereocenters. The highest BCUT2D eigenvalue weighted by Gasteiger charge is 2.28. The zero-order valence-corrected chi connectivity index (χ0v) is 15.8. The maximum atomic E-state index is 12.8. The number of hydrogen-bond acceptors (Lipinski definition) is 5. The van der Waals surface area contributed by atoms with Crippen molar-refractivity contribution in [2.45, 2.75) is 52.0 Å². The summed E-state index contributed by atoms with van der Waals surface area (Å²) in [7, 11) is 0. The number of tetrazole rings is 1. The lowest BCUT2D eigenvalue weighted by molar-refractivity contribution is -0.130. The molecule has 0 saturated heterocycles. The van der Waals surface area contributed by atoms with Gasteiger partial charge in [0.2, 0.25) is 11.8 Å². The van der Waals surface area contributed by atoms with E-state index in [-0.39, 0.29) is 23.7 Å². The van der Waals surface area contributed by atoms with E-state index in [2.05, 4.69) is 26.2 Å². The molecule has 0 spiro atoms. The van der Waals surface area contributed by atoms with E-state index in [4.69, 9.17) is 0 Å². The summed E-state index contributed by atoms with van der Waals surface area (Å²) in [5.41, 5.74) is 1.37. The summed E-state index contributed by atoms with van der Waals surface area (Å²) in [6.07, 6.45) is 6.66. The third kappa shape index (κ3) is 4.90. The molecule has 1 aromatic carbocycles. The van der Waals surface area contributed by atoms with Crippen molar-refractivity contribution in [1.82, 2.24) is 25.5 Å². The number of hydrogen-bond donors (Lipinski definition) is 2. The van der Waals surface area contributed by atoms with Gasteiger partial charge in [0.1, 0.15) is 12.4 Å². The number of anilines is 1. The van der Waals surface area contributed by atoms with Gasteiger partial charge < -0.3 is 10.6 Å². The predicted molar refractivity (Wildman–Crippen MR) is 101 cm³/mol. The molecule has 0 aliphatic heterocycles. The van der Waals surface area contributed by atoms with E-state index < -0.39 is 6.04 Å². The first-order valence-electron chi connectivity index (χ1n) is 9.49. The first-order chi connectivity index (χ1) is 13.0. The van der Waals surface area contributed by atoms with Gasteiger partial charge in [0.15, 0.2) is 0 Å². The second-order valence-corrected chi connectivity index (χ2v) is 7.36. The average molecular weight is 370 g/mol. The Bertz CT molecular complexity index is 768. The van der Waals surface area contributed by atoms with Crippen LogP contribution in [0.2, 0.25) is 0 Å². The number of nitrogens with zero attached hydrogens (tertiary/aromatic N) is 4. The second kappa shape index (κ2) is 8.75. The van der Waals surface area contributed by atoms with Crippen LogP contribution in [0.4, 0.5) is 5.69 Å². The van der Waals surface area contributed by atoms with Crippen molar-refractivity contribution in [2.24, 2.45) is 11.8 Å². The summed E-state index contributed by atoms with van der Waals surface area (Å²) >= 11 is 0. The van der Waals surface area contributed by atoms with Crippen LogP contribution in [0.15, 0.2) is 30.6 Å². The highest BCUT2D eigenvalue weighted by atomic mass is 16.2. The molecule has 3 rings (SSSR count). The molecule has 1 aliphatic rings. The van der Waals surface area contributed by atoms with E-state index >= 15 is 0 Å². The fourth-order valence-electron chi connectivity index (χ4n) is 3.40. The van der Waals surface area contributed by atoms with E-state index in [1.807, 2.05) is 26.0 Å². The van der Waals surface area contributed by atoms with Crippen molar-refractivity contribution in [3.05, 3.63) is 30.6 Å². The minimum Gasteiger partial charge on any atom is -0.344 e. The highest BCUT2D eigenvalue weighted by Crippen LogP contribution is 2.24. The molecule has 2 aromatic rings. The molecule has 1 aromatic heterocycles. The first kappa shape index (κ1) is 19.0. The van der Waals surface area contributed by atoms with Gasteiger partial charge in [-0.3, -0.25) is 9.59 Å². The molecule has 8 heteroatoms. The normalized spacial score (nSPS) is 16.1. The van der Waals surface area contributed by atoms with Crippen LogP contribution < -0.4 is 10.6 Å². The lowest BCUT2D eigenvalue weighted by atomic mass is 9.88. The van der Waals surface area contributed by atoms with Gasteiger partial charge >= 0.3 is 0 Å². The van der Waals surface area contributed by atoms with Crippen molar-refractivity contribution in [1.29, 1.82) is 0 Å². The number of aromatic nitrogens is 4. The van der Waals surface area contributed by atoms with E-state index in [0.29, 0.717) is 5.69 Å². The molecule has 0 radical (unpaired) electrons. The summed E-state index contributed by atoms with van der Waals surface area (Å²) in [5, 5.41) is 16.9. The van der Waals surface area contributed by atoms with Gasteiger partial charge in [0.05, 0.1) is 5.69 Å². The number of rotatable bonds is 6. The van der Waals surface area contributed by atoms with Gasteiger partial charge in [-0.25, -0.2) is 4.68 Å². The van der Waals surface area contributed by atoms with Gasteiger partial charge in [-0.05, 0) is 47.4 Å². The van der Waals surface area contributed by atoms with Crippen LogP contribution in [0, 0.1) is 11.8 Å². The Hall–Kier alpha value is -2.77. The molecule has 2 amide bonds. The molecule has 144 valence electrons. The van der Waals surface area contributed by atoms with Crippen LogP contribution in [0.5, 0.6) is 0 Å². The minimum absolute atomic E-state index is 0.00834. The summed E-state index contributed by atoms with van der Waals surface area (Å²) < 4.78 is 1.51. The number of carbonyl (C=O) groups excluding carboxylic acids is 2. The molecule has 0 bridgehead atoms. The molecule has 1 fully saturated rings. The third-order valence-corrected chi connectivity index (χ3v) is 4.95. The monoisotopic (exact) mass is 370 g/mol. The molecule has 8 nitrogen and oxygen atoms in total. The van der Waals surface area contributed by atoms with Crippen molar-refractivity contribution in [2.75, 3.05) is 5.32 Å². The van der Waals surface area contributed by atoms with Crippen molar-refractivity contribution < 1.29 is 9.59 Å². The number of nitrogens with one attached hydrogen (secondary N) is 2. The Balaban J connectivity index is 1.66. The second-order valence-electron chi connectivity index (χ2n) is 7.36. The Labute approximate surface area is 158 Å².